The lowest BCUT2D eigenvalue weighted by atomic mass is 10.1. The summed E-state index contributed by atoms with van der Waals surface area (Å²) in [5, 5.41) is 0. The number of esters is 1. The molecule has 34 heavy (non-hydrogen) atoms. The van der Waals surface area contributed by atoms with Gasteiger partial charge in [0.05, 0.1) is 18.6 Å². The lowest BCUT2D eigenvalue weighted by Gasteiger charge is -2.23. The topological polar surface area (TPSA) is 72.9 Å². The number of rotatable bonds is 9. The summed E-state index contributed by atoms with van der Waals surface area (Å²) >= 11 is 0. The number of nitrogens with zero attached hydrogens (tertiary/aromatic N) is 1. The molecule has 1 aliphatic rings. The van der Waals surface area contributed by atoms with Crippen molar-refractivity contribution in [3.8, 4) is 5.75 Å². The molecule has 8 heteroatoms. The zero-order valence-electron chi connectivity index (χ0n) is 18.9. The van der Waals surface area contributed by atoms with Crippen molar-refractivity contribution in [1.82, 2.24) is 4.31 Å². The van der Waals surface area contributed by atoms with Gasteiger partial charge in [-0.2, -0.15) is 4.31 Å². The molecule has 0 aromatic heterocycles. The fourth-order valence-electron chi connectivity index (χ4n) is 3.96. The minimum absolute atomic E-state index is 0.0280. The van der Waals surface area contributed by atoms with E-state index in [0.717, 1.165) is 46.6 Å². The lowest BCUT2D eigenvalue weighted by Crippen LogP contribution is -2.30. The number of fused-ring (bicyclic) bond motifs is 1. The van der Waals surface area contributed by atoms with Crippen LogP contribution in [0.2, 0.25) is 0 Å². The average Bonchev–Trinajstić information content (AvgIpc) is 3.30. The van der Waals surface area contributed by atoms with Gasteiger partial charge < -0.3 is 9.47 Å². The molecular formula is C26H26FNO5S. The first-order valence-electron chi connectivity index (χ1n) is 11.0. The number of hydrogen-bond acceptors (Lipinski definition) is 5. The van der Waals surface area contributed by atoms with Gasteiger partial charge in [0.2, 0.25) is 10.0 Å². The summed E-state index contributed by atoms with van der Waals surface area (Å²) in [7, 11) is -2.56. The first kappa shape index (κ1) is 23.9. The van der Waals surface area contributed by atoms with Crippen LogP contribution in [-0.4, -0.2) is 32.4 Å². The predicted octanol–water partition coefficient (Wildman–Crippen LogP) is 4.26. The van der Waals surface area contributed by atoms with E-state index in [1.807, 2.05) is 42.5 Å². The van der Waals surface area contributed by atoms with E-state index in [9.17, 15) is 17.6 Å². The van der Waals surface area contributed by atoms with Crippen LogP contribution in [0, 0.1) is 5.82 Å². The zero-order chi connectivity index (χ0) is 24.1. The third-order valence-corrected chi connectivity index (χ3v) is 7.57. The molecule has 0 spiro atoms. The second-order valence-corrected chi connectivity index (χ2v) is 10.1. The van der Waals surface area contributed by atoms with E-state index in [1.165, 1.54) is 23.5 Å². The predicted molar refractivity (Wildman–Crippen MR) is 125 cm³/mol. The van der Waals surface area contributed by atoms with E-state index in [4.69, 9.17) is 9.47 Å². The highest BCUT2D eigenvalue weighted by atomic mass is 32.2. The summed E-state index contributed by atoms with van der Waals surface area (Å²) in [5.74, 6) is 0.0314. The van der Waals surface area contributed by atoms with E-state index >= 15 is 0 Å². The molecule has 0 radical (unpaired) electrons. The molecule has 0 saturated carbocycles. The summed E-state index contributed by atoms with van der Waals surface area (Å²) < 4.78 is 52.2. The number of methoxy groups -OCH3 is 1. The number of halogens is 1. The number of ether oxygens (including phenoxy) is 2. The molecular weight excluding hydrogens is 457 g/mol. The molecule has 0 saturated heterocycles. The van der Waals surface area contributed by atoms with Crippen molar-refractivity contribution >= 4 is 16.0 Å². The Morgan fingerprint density at radius 3 is 2.44 bits per heavy atom. The van der Waals surface area contributed by atoms with Crippen molar-refractivity contribution in [2.75, 3.05) is 13.7 Å². The van der Waals surface area contributed by atoms with Gasteiger partial charge in [-0.15, -0.1) is 0 Å². The standard InChI is InChI=1S/C26H26FNO5S/c1-32-26(29)12-6-19-3-2-4-20(15-19)17-28(34(30,31)24-9-7-23(27)8-10-24)18-21-5-11-25-22(16-21)13-14-33-25/h2-5,7-11,15-16H,6,12-14,17-18H2,1H3. The van der Waals surface area contributed by atoms with Crippen LogP contribution in [0.5, 0.6) is 5.75 Å². The number of carbonyl (C=O) groups is 1. The second-order valence-electron chi connectivity index (χ2n) is 8.16. The SMILES string of the molecule is COC(=O)CCc1cccc(CN(Cc2ccc3c(c2)CCO3)S(=O)(=O)c2ccc(F)cc2)c1. The van der Waals surface area contributed by atoms with Crippen LogP contribution < -0.4 is 4.74 Å². The molecule has 4 rings (SSSR count). The highest BCUT2D eigenvalue weighted by molar-refractivity contribution is 7.89. The molecule has 1 aliphatic heterocycles. The molecule has 0 amide bonds. The van der Waals surface area contributed by atoms with Gasteiger partial charge in [0.25, 0.3) is 0 Å². The Bertz CT molecular complexity index is 1270. The zero-order valence-corrected chi connectivity index (χ0v) is 19.7. The van der Waals surface area contributed by atoms with E-state index in [-0.39, 0.29) is 30.4 Å². The van der Waals surface area contributed by atoms with E-state index < -0.39 is 15.8 Å². The van der Waals surface area contributed by atoms with Crippen molar-refractivity contribution in [3.05, 3.63) is 94.8 Å². The van der Waals surface area contributed by atoms with Crippen LogP contribution in [-0.2, 0) is 45.5 Å². The van der Waals surface area contributed by atoms with Crippen LogP contribution in [0.15, 0.2) is 71.6 Å². The number of benzene rings is 3. The average molecular weight is 484 g/mol. The molecule has 3 aromatic rings. The fourth-order valence-corrected chi connectivity index (χ4v) is 5.38. The normalized spacial score (nSPS) is 12.9. The van der Waals surface area contributed by atoms with Gasteiger partial charge >= 0.3 is 5.97 Å². The smallest absolute Gasteiger partial charge is 0.305 e. The minimum Gasteiger partial charge on any atom is -0.493 e. The van der Waals surface area contributed by atoms with Crippen molar-refractivity contribution in [1.29, 1.82) is 0 Å². The van der Waals surface area contributed by atoms with E-state index in [1.54, 1.807) is 0 Å². The Morgan fingerprint density at radius 1 is 1.00 bits per heavy atom. The molecule has 0 fully saturated rings. The van der Waals surface area contributed by atoms with Crippen LogP contribution in [0.4, 0.5) is 4.39 Å². The van der Waals surface area contributed by atoms with Gasteiger partial charge in [-0.1, -0.05) is 36.4 Å². The Hall–Kier alpha value is -3.23. The Labute approximate surface area is 199 Å². The number of aryl methyl sites for hydroxylation is 1. The quantitative estimate of drug-likeness (QED) is 0.426. The van der Waals surface area contributed by atoms with Gasteiger partial charge in [0.15, 0.2) is 0 Å². The molecule has 178 valence electrons. The van der Waals surface area contributed by atoms with Crippen molar-refractivity contribution in [3.63, 3.8) is 0 Å². The summed E-state index contributed by atoms with van der Waals surface area (Å²) in [4.78, 5) is 11.5. The Balaban J connectivity index is 1.62. The van der Waals surface area contributed by atoms with Gasteiger partial charge in [0.1, 0.15) is 11.6 Å². The minimum atomic E-state index is -3.91. The van der Waals surface area contributed by atoms with E-state index in [2.05, 4.69) is 0 Å². The summed E-state index contributed by atoms with van der Waals surface area (Å²) in [6.45, 7) is 0.896. The summed E-state index contributed by atoms with van der Waals surface area (Å²) in [6, 6.07) is 18.0. The summed E-state index contributed by atoms with van der Waals surface area (Å²) in [6.07, 6.45) is 1.53. The van der Waals surface area contributed by atoms with Crippen LogP contribution in [0.25, 0.3) is 0 Å². The van der Waals surface area contributed by atoms with Gasteiger partial charge in [-0.25, -0.2) is 12.8 Å². The molecule has 0 atom stereocenters. The maximum atomic E-state index is 13.5. The Morgan fingerprint density at radius 2 is 1.71 bits per heavy atom. The molecule has 0 N–H and O–H groups in total. The lowest BCUT2D eigenvalue weighted by molar-refractivity contribution is -0.140. The molecule has 6 nitrogen and oxygen atoms in total. The molecule has 0 aliphatic carbocycles. The highest BCUT2D eigenvalue weighted by Crippen LogP contribution is 2.28. The number of sulfonamides is 1. The van der Waals surface area contributed by atoms with Gasteiger partial charge in [-0.3, -0.25) is 4.79 Å². The highest BCUT2D eigenvalue weighted by Gasteiger charge is 2.26. The van der Waals surface area contributed by atoms with Gasteiger partial charge in [-0.05, 0) is 59.0 Å². The Kier molecular flexibility index (Phi) is 7.29. The molecule has 1 heterocycles. The third kappa shape index (κ3) is 5.63. The van der Waals surface area contributed by atoms with Crippen molar-refractivity contribution in [2.24, 2.45) is 0 Å². The molecule has 3 aromatic carbocycles. The number of carbonyl (C=O) groups excluding carboxylic acids is 1. The first-order chi connectivity index (χ1) is 16.3. The van der Waals surface area contributed by atoms with Crippen molar-refractivity contribution < 1.29 is 27.1 Å². The van der Waals surface area contributed by atoms with E-state index in [0.29, 0.717) is 13.0 Å². The molecule has 0 bridgehead atoms. The van der Waals surface area contributed by atoms with Crippen LogP contribution in [0.3, 0.4) is 0 Å². The maximum absolute atomic E-state index is 13.5. The van der Waals surface area contributed by atoms with Crippen LogP contribution in [0.1, 0.15) is 28.7 Å². The number of hydrogen-bond donors (Lipinski definition) is 0. The maximum Gasteiger partial charge on any atom is 0.305 e. The monoisotopic (exact) mass is 483 g/mol. The second kappa shape index (κ2) is 10.4. The third-order valence-electron chi connectivity index (χ3n) is 5.76. The molecule has 0 unspecified atom stereocenters. The summed E-state index contributed by atoms with van der Waals surface area (Å²) in [5.41, 5.74) is 3.60. The van der Waals surface area contributed by atoms with Crippen molar-refractivity contribution in [2.45, 2.75) is 37.2 Å². The van der Waals surface area contributed by atoms with Gasteiger partial charge in [0, 0.05) is 25.9 Å². The first-order valence-corrected chi connectivity index (χ1v) is 12.4. The fraction of sp³-hybridized carbons (Fsp3) is 0.269. The largest absolute Gasteiger partial charge is 0.493 e. The van der Waals surface area contributed by atoms with Crippen LogP contribution >= 0.6 is 0 Å².